The maximum absolute atomic E-state index is 11.3. The number of hydrogen-bond donors (Lipinski definition) is 2. The third-order valence-corrected chi connectivity index (χ3v) is 2.27. The molecule has 5 nitrogen and oxygen atoms in total. The van der Waals surface area contributed by atoms with Crippen molar-refractivity contribution in [3.05, 3.63) is 0 Å². The fourth-order valence-corrected chi connectivity index (χ4v) is 1.40. The maximum atomic E-state index is 11.3. The monoisotopic (exact) mass is 279 g/mol. The van der Waals surface area contributed by atoms with Gasteiger partial charge in [0.25, 0.3) is 0 Å². The first kappa shape index (κ1) is 14.3. The number of carbonyl (C=O) groups excluding carboxylic acids is 1. The molecule has 2 N–H and O–H groups in total. The van der Waals surface area contributed by atoms with Crippen LogP contribution in [0.25, 0.3) is 0 Å². The molecular formula is C9H18AsNO4. The van der Waals surface area contributed by atoms with Crippen LogP contribution in [0.1, 0.15) is 27.7 Å². The molecule has 0 aliphatic rings. The average Bonchev–Trinajstić information content (AvgIpc) is 1.95. The van der Waals surface area contributed by atoms with E-state index in [9.17, 15) is 9.59 Å². The zero-order chi connectivity index (χ0) is 12.2. The van der Waals surface area contributed by atoms with Crippen molar-refractivity contribution in [2.45, 2.75) is 44.0 Å². The Kier molecular flexibility index (Phi) is 5.15. The Morgan fingerprint density at radius 3 is 2.13 bits per heavy atom. The van der Waals surface area contributed by atoms with E-state index in [4.69, 9.17) is 9.84 Å². The second-order valence-corrected chi connectivity index (χ2v) is 6.53. The summed E-state index contributed by atoms with van der Waals surface area (Å²) < 4.78 is 4.84. The van der Waals surface area contributed by atoms with Crippen LogP contribution in [0.4, 0.5) is 4.79 Å². The first-order valence-electron chi connectivity index (χ1n) is 4.61. The minimum atomic E-state index is -1.04. The van der Waals surface area contributed by atoms with E-state index < -0.39 is 23.7 Å². The second-order valence-electron chi connectivity index (χ2n) is 4.32. The Hall–Kier alpha value is -0.702. The predicted molar refractivity (Wildman–Crippen MR) is 58.8 cm³/mol. The van der Waals surface area contributed by atoms with E-state index in [0.717, 1.165) is 0 Å². The van der Waals surface area contributed by atoms with Crippen LogP contribution < -0.4 is 5.32 Å². The van der Waals surface area contributed by atoms with Crippen LogP contribution in [-0.2, 0) is 9.53 Å². The van der Waals surface area contributed by atoms with Gasteiger partial charge in [-0.2, -0.15) is 0 Å². The van der Waals surface area contributed by atoms with Gasteiger partial charge in [0, 0.05) is 0 Å². The van der Waals surface area contributed by atoms with Gasteiger partial charge in [-0.25, -0.2) is 0 Å². The van der Waals surface area contributed by atoms with Crippen LogP contribution in [0.3, 0.4) is 0 Å². The zero-order valence-corrected chi connectivity index (χ0v) is 11.8. The van der Waals surface area contributed by atoms with Crippen molar-refractivity contribution < 1.29 is 19.4 Å². The summed E-state index contributed by atoms with van der Waals surface area (Å²) in [6.07, 6.45) is -0.695. The molecule has 3 atom stereocenters. The summed E-state index contributed by atoms with van der Waals surface area (Å²) >= 11 is 1.26. The summed E-state index contributed by atoms with van der Waals surface area (Å²) in [5.41, 5.74) is -0.616. The Balaban J connectivity index is 4.31. The van der Waals surface area contributed by atoms with Gasteiger partial charge in [0.1, 0.15) is 0 Å². The molecule has 0 bridgehead atoms. The van der Waals surface area contributed by atoms with Crippen LogP contribution in [0.15, 0.2) is 0 Å². The molecule has 0 fully saturated rings. The number of amides is 1. The molecule has 0 aliphatic carbocycles. The molecule has 0 saturated carbocycles. The van der Waals surface area contributed by atoms with Gasteiger partial charge >= 0.3 is 97.7 Å². The predicted octanol–water partition coefficient (Wildman–Crippen LogP) is 0.406. The molecule has 3 unspecified atom stereocenters. The minimum absolute atomic E-state index is 0.123. The van der Waals surface area contributed by atoms with Crippen LogP contribution in [0.2, 0.25) is 4.71 Å². The van der Waals surface area contributed by atoms with Crippen molar-refractivity contribution in [2.75, 3.05) is 0 Å². The number of carboxylic acids is 1. The first-order valence-corrected chi connectivity index (χ1v) is 6.01. The standard InChI is InChI=1S/C9H18AsNO4/c1-5(10)6(7(12)13)11-8(14)15-9(2,3)4/h5-6H,10H2,1-4H3,(H,11,14)(H,12,13). The SMILES string of the molecule is CC([AsH2])C(NC(=O)OC(C)(C)C)C(=O)O. The van der Waals surface area contributed by atoms with Crippen LogP contribution in [0, 0.1) is 0 Å². The van der Waals surface area contributed by atoms with Crippen molar-refractivity contribution in [2.24, 2.45) is 0 Å². The molecule has 0 aromatic heterocycles. The quantitative estimate of drug-likeness (QED) is 0.733. The second kappa shape index (κ2) is 5.40. The van der Waals surface area contributed by atoms with E-state index in [1.807, 2.05) is 0 Å². The van der Waals surface area contributed by atoms with Crippen molar-refractivity contribution in [3.63, 3.8) is 0 Å². The molecule has 0 spiro atoms. The molecule has 0 heterocycles. The number of ether oxygens (including phenoxy) is 1. The van der Waals surface area contributed by atoms with E-state index in [1.54, 1.807) is 27.7 Å². The summed E-state index contributed by atoms with van der Waals surface area (Å²) in [7, 11) is 0. The molecule has 0 saturated heterocycles. The molecule has 88 valence electrons. The molecule has 15 heavy (non-hydrogen) atoms. The van der Waals surface area contributed by atoms with Gasteiger partial charge in [-0.15, -0.1) is 0 Å². The van der Waals surface area contributed by atoms with Gasteiger partial charge < -0.3 is 0 Å². The Morgan fingerprint density at radius 2 is 1.87 bits per heavy atom. The third-order valence-electron chi connectivity index (χ3n) is 1.46. The molecule has 6 heteroatoms. The van der Waals surface area contributed by atoms with Crippen molar-refractivity contribution in [3.8, 4) is 0 Å². The zero-order valence-electron chi connectivity index (χ0n) is 9.40. The van der Waals surface area contributed by atoms with E-state index in [1.165, 1.54) is 16.9 Å². The Morgan fingerprint density at radius 1 is 1.40 bits per heavy atom. The summed E-state index contributed by atoms with van der Waals surface area (Å²) in [6, 6.07) is -0.889. The molecule has 0 aromatic carbocycles. The fraction of sp³-hybridized carbons (Fsp3) is 0.778. The van der Waals surface area contributed by atoms with Crippen LogP contribution >= 0.6 is 0 Å². The molecular weight excluding hydrogens is 261 g/mol. The van der Waals surface area contributed by atoms with Gasteiger partial charge in [-0.05, 0) is 0 Å². The summed E-state index contributed by atoms with van der Waals surface area (Å²) in [5, 5.41) is 11.2. The van der Waals surface area contributed by atoms with E-state index >= 15 is 0 Å². The van der Waals surface area contributed by atoms with Crippen LogP contribution in [-0.4, -0.2) is 45.7 Å². The topological polar surface area (TPSA) is 75.6 Å². The van der Waals surface area contributed by atoms with Gasteiger partial charge in [0.2, 0.25) is 0 Å². The van der Waals surface area contributed by atoms with Gasteiger partial charge in [-0.3, -0.25) is 0 Å². The van der Waals surface area contributed by atoms with Crippen LogP contribution in [0.5, 0.6) is 0 Å². The number of nitrogens with one attached hydrogen (secondary N) is 1. The fourth-order valence-electron chi connectivity index (χ4n) is 0.853. The molecule has 0 radical (unpaired) electrons. The number of aliphatic carboxylic acids is 1. The Bertz CT molecular complexity index is 247. The normalized spacial score (nSPS) is 15.3. The van der Waals surface area contributed by atoms with Gasteiger partial charge in [0.15, 0.2) is 0 Å². The van der Waals surface area contributed by atoms with Crippen molar-refractivity contribution >= 4 is 28.9 Å². The number of alkyl carbamates (subject to hydrolysis) is 1. The van der Waals surface area contributed by atoms with E-state index in [2.05, 4.69) is 5.32 Å². The summed E-state index contributed by atoms with van der Waals surface area (Å²) in [5.74, 6) is -1.04. The van der Waals surface area contributed by atoms with Gasteiger partial charge in [0.05, 0.1) is 0 Å². The first-order chi connectivity index (χ1) is 6.63. The molecule has 0 rings (SSSR count). The number of rotatable bonds is 3. The third kappa shape index (κ3) is 6.39. The van der Waals surface area contributed by atoms with E-state index in [0.29, 0.717) is 0 Å². The van der Waals surface area contributed by atoms with Crippen molar-refractivity contribution in [1.82, 2.24) is 5.32 Å². The molecule has 0 aliphatic heterocycles. The average molecular weight is 279 g/mol. The number of carbonyl (C=O) groups is 2. The Labute approximate surface area is 98.1 Å². The summed E-state index contributed by atoms with van der Waals surface area (Å²) in [4.78, 5) is 22.1. The van der Waals surface area contributed by atoms with E-state index in [-0.39, 0.29) is 4.71 Å². The number of hydrogen-bond acceptors (Lipinski definition) is 3. The number of carboxylic acid groups (broad SMARTS) is 1. The molecule has 1 amide bonds. The van der Waals surface area contributed by atoms with Gasteiger partial charge in [-0.1, -0.05) is 0 Å². The van der Waals surface area contributed by atoms with Crippen molar-refractivity contribution in [1.29, 1.82) is 0 Å². The summed E-state index contributed by atoms with van der Waals surface area (Å²) in [6.45, 7) is 6.92. The molecule has 0 aromatic rings.